The molecule has 1 aromatic heterocycles. The highest BCUT2D eigenvalue weighted by atomic mass is 19.4. The van der Waals surface area contributed by atoms with Crippen LogP contribution in [0.3, 0.4) is 0 Å². The molecule has 0 bridgehead atoms. The lowest BCUT2D eigenvalue weighted by molar-refractivity contribution is -0.222. The molecule has 1 aromatic rings. The van der Waals surface area contributed by atoms with Crippen molar-refractivity contribution in [3.8, 4) is 0 Å². The smallest absolute Gasteiger partial charge is 0.383 e. The molecule has 1 aliphatic rings. The van der Waals surface area contributed by atoms with Crippen molar-refractivity contribution in [2.75, 3.05) is 13.1 Å². The normalized spacial score (nSPS) is 18.3. The maximum Gasteiger partial charge on any atom is 0.414 e. The molecule has 9 heteroatoms. The average molecular weight is 320 g/mol. The number of urea groups is 1. The number of carbonyl (C=O) groups is 1. The van der Waals surface area contributed by atoms with Gasteiger partial charge in [-0.15, -0.1) is 0 Å². The number of aliphatic hydroxyl groups excluding tert-OH is 1. The molecule has 22 heavy (non-hydrogen) atoms. The summed E-state index contributed by atoms with van der Waals surface area (Å²) >= 11 is 0. The van der Waals surface area contributed by atoms with E-state index in [-0.39, 0.29) is 32.0 Å². The molecule has 2 heterocycles. The number of halogens is 3. The Balaban J connectivity index is 1.79. The van der Waals surface area contributed by atoms with E-state index in [0.717, 1.165) is 5.69 Å². The third kappa shape index (κ3) is 3.90. The van der Waals surface area contributed by atoms with Gasteiger partial charge < -0.3 is 15.3 Å². The van der Waals surface area contributed by atoms with Gasteiger partial charge in [0.2, 0.25) is 0 Å². The summed E-state index contributed by atoms with van der Waals surface area (Å²) in [6, 6.07) is 1.45. The fourth-order valence-electron chi connectivity index (χ4n) is 2.54. The minimum atomic E-state index is -4.60. The predicted molar refractivity (Wildman–Crippen MR) is 71.8 cm³/mol. The lowest BCUT2D eigenvalue weighted by Crippen LogP contribution is -2.48. The first-order valence-corrected chi connectivity index (χ1v) is 7.03. The number of amides is 2. The molecule has 6 nitrogen and oxygen atoms in total. The van der Waals surface area contributed by atoms with Crippen molar-refractivity contribution >= 4 is 6.03 Å². The Kier molecular flexibility index (Phi) is 4.94. The first kappa shape index (κ1) is 16.6. The van der Waals surface area contributed by atoms with Gasteiger partial charge in [0.1, 0.15) is 0 Å². The SMILES string of the molecule is Cn1nccc1CNC(=O)N1CCC(C(O)C(F)(F)F)CC1. The molecule has 1 atom stereocenters. The molecule has 0 aliphatic carbocycles. The number of aliphatic hydroxyl groups is 1. The Morgan fingerprint density at radius 1 is 1.50 bits per heavy atom. The Labute approximate surface area is 125 Å². The second-order valence-corrected chi connectivity index (χ2v) is 5.42. The topological polar surface area (TPSA) is 70.4 Å². The van der Waals surface area contributed by atoms with Crippen molar-refractivity contribution in [3.63, 3.8) is 0 Å². The van der Waals surface area contributed by atoms with E-state index in [1.807, 2.05) is 0 Å². The van der Waals surface area contributed by atoms with E-state index in [1.54, 1.807) is 24.0 Å². The van der Waals surface area contributed by atoms with Crippen molar-refractivity contribution in [2.24, 2.45) is 13.0 Å². The third-order valence-electron chi connectivity index (χ3n) is 3.95. The molecule has 0 spiro atoms. The largest absolute Gasteiger partial charge is 0.414 e. The van der Waals surface area contributed by atoms with Crippen LogP contribution in [0.1, 0.15) is 18.5 Å². The molecule has 1 aliphatic heterocycles. The van der Waals surface area contributed by atoms with Crippen LogP contribution in [0.15, 0.2) is 12.3 Å². The van der Waals surface area contributed by atoms with Crippen molar-refractivity contribution in [1.82, 2.24) is 20.0 Å². The summed E-state index contributed by atoms with van der Waals surface area (Å²) in [7, 11) is 1.76. The molecule has 2 amide bonds. The van der Waals surface area contributed by atoms with Gasteiger partial charge in [-0.25, -0.2) is 4.79 Å². The molecule has 1 fully saturated rings. The summed E-state index contributed by atoms with van der Waals surface area (Å²) in [6.45, 7) is 0.713. The highest BCUT2D eigenvalue weighted by molar-refractivity contribution is 5.74. The number of hydrogen-bond acceptors (Lipinski definition) is 3. The maximum atomic E-state index is 12.5. The number of aromatic nitrogens is 2. The van der Waals surface area contributed by atoms with Crippen molar-refractivity contribution < 1.29 is 23.1 Å². The van der Waals surface area contributed by atoms with Crippen molar-refractivity contribution in [3.05, 3.63) is 18.0 Å². The van der Waals surface area contributed by atoms with Gasteiger partial charge >= 0.3 is 12.2 Å². The monoisotopic (exact) mass is 320 g/mol. The summed E-state index contributed by atoms with van der Waals surface area (Å²) in [4.78, 5) is 13.4. The second kappa shape index (κ2) is 6.55. The zero-order chi connectivity index (χ0) is 16.3. The molecule has 0 radical (unpaired) electrons. The highest BCUT2D eigenvalue weighted by Crippen LogP contribution is 2.31. The van der Waals surface area contributed by atoms with Crippen LogP contribution in [-0.2, 0) is 13.6 Å². The summed E-state index contributed by atoms with van der Waals surface area (Å²) in [5, 5.41) is 15.9. The molecule has 2 rings (SSSR count). The quantitative estimate of drug-likeness (QED) is 0.881. The number of aryl methyl sites for hydroxylation is 1. The zero-order valence-electron chi connectivity index (χ0n) is 12.2. The summed E-state index contributed by atoms with van der Waals surface area (Å²) in [5.41, 5.74) is 0.829. The van der Waals surface area contributed by atoms with E-state index >= 15 is 0 Å². The predicted octanol–water partition coefficient (Wildman–Crippen LogP) is 1.26. The van der Waals surface area contributed by atoms with Crippen LogP contribution in [0.25, 0.3) is 0 Å². The molecule has 0 aromatic carbocycles. The number of nitrogens with zero attached hydrogens (tertiary/aromatic N) is 3. The third-order valence-corrected chi connectivity index (χ3v) is 3.95. The minimum absolute atomic E-state index is 0.139. The second-order valence-electron chi connectivity index (χ2n) is 5.42. The first-order valence-electron chi connectivity index (χ1n) is 7.03. The van der Waals surface area contributed by atoms with Crippen LogP contribution >= 0.6 is 0 Å². The summed E-state index contributed by atoms with van der Waals surface area (Å²) < 4.78 is 39.0. The number of nitrogens with one attached hydrogen (secondary N) is 1. The van der Waals surface area contributed by atoms with Crippen molar-refractivity contribution in [1.29, 1.82) is 0 Å². The molecular formula is C13H19F3N4O2. The van der Waals surface area contributed by atoms with Crippen LogP contribution in [0, 0.1) is 5.92 Å². The van der Waals surface area contributed by atoms with Crippen LogP contribution in [-0.4, -0.2) is 51.2 Å². The zero-order valence-corrected chi connectivity index (χ0v) is 12.2. The summed E-state index contributed by atoms with van der Waals surface area (Å²) in [5.74, 6) is -0.846. The Morgan fingerprint density at radius 3 is 2.64 bits per heavy atom. The van der Waals surface area contributed by atoms with Crippen LogP contribution in [0.2, 0.25) is 0 Å². The number of alkyl halides is 3. The van der Waals surface area contributed by atoms with Gasteiger partial charge in [-0.3, -0.25) is 4.68 Å². The molecule has 0 saturated carbocycles. The van der Waals surface area contributed by atoms with E-state index in [2.05, 4.69) is 10.4 Å². The Hall–Kier alpha value is -1.77. The van der Waals surface area contributed by atoms with Gasteiger partial charge in [0.15, 0.2) is 6.10 Å². The Bertz CT molecular complexity index is 510. The Morgan fingerprint density at radius 2 is 2.14 bits per heavy atom. The molecule has 2 N–H and O–H groups in total. The lowest BCUT2D eigenvalue weighted by Gasteiger charge is -2.34. The van der Waals surface area contributed by atoms with Gasteiger partial charge in [-0.1, -0.05) is 0 Å². The molecule has 1 saturated heterocycles. The van der Waals surface area contributed by atoms with E-state index in [4.69, 9.17) is 0 Å². The first-order chi connectivity index (χ1) is 10.3. The molecular weight excluding hydrogens is 301 g/mol. The number of piperidine rings is 1. The van der Waals surface area contributed by atoms with E-state index < -0.39 is 18.2 Å². The number of carbonyl (C=O) groups excluding carboxylic acids is 1. The van der Waals surface area contributed by atoms with E-state index in [0.29, 0.717) is 6.54 Å². The van der Waals surface area contributed by atoms with Crippen LogP contribution in [0.4, 0.5) is 18.0 Å². The number of likely N-dealkylation sites (tertiary alicyclic amines) is 1. The van der Waals surface area contributed by atoms with Crippen molar-refractivity contribution in [2.45, 2.75) is 31.7 Å². The van der Waals surface area contributed by atoms with Gasteiger partial charge in [0.05, 0.1) is 12.2 Å². The summed E-state index contributed by atoms with van der Waals surface area (Å²) in [6.07, 6.45) is -5.02. The average Bonchev–Trinajstić information content (AvgIpc) is 2.88. The fraction of sp³-hybridized carbons (Fsp3) is 0.692. The van der Waals surface area contributed by atoms with E-state index in [9.17, 15) is 23.1 Å². The molecule has 1 unspecified atom stereocenters. The van der Waals surface area contributed by atoms with Gasteiger partial charge in [0.25, 0.3) is 0 Å². The molecule has 124 valence electrons. The maximum absolute atomic E-state index is 12.5. The van der Waals surface area contributed by atoms with Gasteiger partial charge in [0, 0.05) is 26.3 Å². The van der Waals surface area contributed by atoms with Crippen LogP contribution < -0.4 is 5.32 Å². The van der Waals surface area contributed by atoms with Gasteiger partial charge in [-0.2, -0.15) is 18.3 Å². The highest BCUT2D eigenvalue weighted by Gasteiger charge is 2.44. The minimum Gasteiger partial charge on any atom is -0.383 e. The fourth-order valence-corrected chi connectivity index (χ4v) is 2.54. The lowest BCUT2D eigenvalue weighted by atomic mass is 9.91. The van der Waals surface area contributed by atoms with E-state index in [1.165, 1.54) is 4.90 Å². The van der Waals surface area contributed by atoms with Gasteiger partial charge in [-0.05, 0) is 24.8 Å². The standard InChI is InChI=1S/C13H19F3N4O2/c1-19-10(2-5-18-19)8-17-12(22)20-6-3-9(4-7-20)11(21)13(14,15)16/h2,5,9,11,21H,3-4,6-8H2,1H3,(H,17,22). The number of hydrogen-bond donors (Lipinski definition) is 2. The van der Waals surface area contributed by atoms with Crippen LogP contribution in [0.5, 0.6) is 0 Å². The number of rotatable bonds is 3.